The SMILES string of the molecule is CC=COC(=O)Cc1ccc(C(C)(C)C)cc1. The maximum absolute atomic E-state index is 11.4. The van der Waals surface area contributed by atoms with Crippen molar-refractivity contribution in [2.75, 3.05) is 0 Å². The molecule has 0 heterocycles. The van der Waals surface area contributed by atoms with Crippen LogP contribution in [0.15, 0.2) is 36.6 Å². The maximum atomic E-state index is 11.4. The zero-order valence-electron chi connectivity index (χ0n) is 11.0. The van der Waals surface area contributed by atoms with Gasteiger partial charge in [-0.1, -0.05) is 51.1 Å². The molecule has 0 aliphatic carbocycles. The van der Waals surface area contributed by atoms with Gasteiger partial charge >= 0.3 is 5.97 Å². The molecule has 0 unspecified atom stereocenters. The molecule has 0 aliphatic rings. The summed E-state index contributed by atoms with van der Waals surface area (Å²) in [6.45, 7) is 8.32. The lowest BCUT2D eigenvalue weighted by molar-refractivity contribution is -0.137. The van der Waals surface area contributed by atoms with Crippen LogP contribution in [0.1, 0.15) is 38.8 Å². The van der Waals surface area contributed by atoms with Crippen LogP contribution in [0.25, 0.3) is 0 Å². The second-order valence-corrected chi connectivity index (χ2v) is 5.08. The highest BCUT2D eigenvalue weighted by Gasteiger charge is 2.13. The first kappa shape index (κ1) is 13.5. The van der Waals surface area contributed by atoms with Crippen molar-refractivity contribution in [3.63, 3.8) is 0 Å². The monoisotopic (exact) mass is 232 g/mol. The van der Waals surface area contributed by atoms with Gasteiger partial charge in [-0.3, -0.25) is 4.79 Å². The van der Waals surface area contributed by atoms with Crippen LogP contribution in [0.4, 0.5) is 0 Å². The van der Waals surface area contributed by atoms with Crippen molar-refractivity contribution in [2.45, 2.75) is 39.5 Å². The molecule has 0 radical (unpaired) electrons. The van der Waals surface area contributed by atoms with Crippen LogP contribution in [0.2, 0.25) is 0 Å². The molecule has 0 aliphatic heterocycles. The molecule has 0 amide bonds. The quantitative estimate of drug-likeness (QED) is 0.588. The zero-order valence-corrected chi connectivity index (χ0v) is 11.0. The average Bonchev–Trinajstić information content (AvgIpc) is 2.26. The number of ether oxygens (including phenoxy) is 1. The van der Waals surface area contributed by atoms with E-state index in [2.05, 4.69) is 32.9 Å². The minimum absolute atomic E-state index is 0.143. The lowest BCUT2D eigenvalue weighted by Gasteiger charge is -2.19. The molecule has 1 rings (SSSR count). The standard InChI is InChI=1S/C15H20O2/c1-5-10-17-14(16)11-12-6-8-13(9-7-12)15(2,3)4/h5-10H,11H2,1-4H3. The van der Waals surface area contributed by atoms with Crippen LogP contribution in [0, 0.1) is 0 Å². The van der Waals surface area contributed by atoms with E-state index < -0.39 is 0 Å². The number of hydrogen-bond donors (Lipinski definition) is 0. The molecular formula is C15H20O2. The predicted octanol–water partition coefficient (Wildman–Crippen LogP) is 3.60. The van der Waals surface area contributed by atoms with Crippen LogP contribution in [0.3, 0.4) is 0 Å². The number of carbonyl (C=O) groups is 1. The summed E-state index contributed by atoms with van der Waals surface area (Å²) in [5, 5.41) is 0. The smallest absolute Gasteiger partial charge is 0.315 e. The molecule has 0 aromatic heterocycles. The minimum atomic E-state index is -0.230. The molecule has 1 aromatic carbocycles. The molecule has 0 N–H and O–H groups in total. The maximum Gasteiger partial charge on any atom is 0.315 e. The lowest BCUT2D eigenvalue weighted by atomic mass is 9.86. The van der Waals surface area contributed by atoms with Gasteiger partial charge in [-0.05, 0) is 23.5 Å². The van der Waals surface area contributed by atoms with Crippen LogP contribution in [0.5, 0.6) is 0 Å². The third-order valence-corrected chi connectivity index (χ3v) is 2.50. The summed E-state index contributed by atoms with van der Waals surface area (Å²) in [7, 11) is 0. The highest BCUT2D eigenvalue weighted by Crippen LogP contribution is 2.22. The van der Waals surface area contributed by atoms with E-state index >= 15 is 0 Å². The zero-order chi connectivity index (χ0) is 12.9. The normalized spacial score (nSPS) is 11.8. The topological polar surface area (TPSA) is 26.3 Å². The van der Waals surface area contributed by atoms with Gasteiger partial charge in [0.15, 0.2) is 0 Å². The van der Waals surface area contributed by atoms with Crippen molar-refractivity contribution < 1.29 is 9.53 Å². The lowest BCUT2D eigenvalue weighted by Crippen LogP contribution is -2.11. The summed E-state index contributed by atoms with van der Waals surface area (Å²) in [6, 6.07) is 8.10. The third kappa shape index (κ3) is 4.43. The summed E-state index contributed by atoms with van der Waals surface area (Å²) in [5.74, 6) is -0.230. The Bertz CT molecular complexity index is 394. The van der Waals surface area contributed by atoms with E-state index in [4.69, 9.17) is 4.74 Å². The number of esters is 1. The summed E-state index contributed by atoms with van der Waals surface area (Å²) >= 11 is 0. The van der Waals surface area contributed by atoms with Gasteiger partial charge in [0.2, 0.25) is 0 Å². The molecule has 17 heavy (non-hydrogen) atoms. The number of carbonyl (C=O) groups excluding carboxylic acids is 1. The van der Waals surface area contributed by atoms with E-state index in [0.717, 1.165) is 5.56 Å². The van der Waals surface area contributed by atoms with Crippen molar-refractivity contribution in [2.24, 2.45) is 0 Å². The van der Waals surface area contributed by atoms with E-state index in [1.165, 1.54) is 11.8 Å². The molecule has 0 fully saturated rings. The Labute approximate surface area is 103 Å². The first-order valence-corrected chi connectivity index (χ1v) is 5.83. The van der Waals surface area contributed by atoms with E-state index in [1.54, 1.807) is 6.08 Å². The Morgan fingerprint density at radius 2 is 1.82 bits per heavy atom. The number of hydrogen-bond acceptors (Lipinski definition) is 2. The highest BCUT2D eigenvalue weighted by atomic mass is 16.5. The van der Waals surface area contributed by atoms with Gasteiger partial charge in [-0.2, -0.15) is 0 Å². The summed E-state index contributed by atoms with van der Waals surface area (Å²) < 4.78 is 4.87. The van der Waals surface area contributed by atoms with Crippen molar-refractivity contribution in [3.05, 3.63) is 47.7 Å². The second-order valence-electron chi connectivity index (χ2n) is 5.08. The minimum Gasteiger partial charge on any atom is -0.435 e. The average molecular weight is 232 g/mol. The number of benzene rings is 1. The number of rotatable bonds is 3. The molecular weight excluding hydrogens is 212 g/mol. The molecule has 1 aromatic rings. The molecule has 0 spiro atoms. The molecule has 0 bridgehead atoms. The van der Waals surface area contributed by atoms with Gasteiger partial charge < -0.3 is 4.74 Å². The predicted molar refractivity (Wildman–Crippen MR) is 69.8 cm³/mol. The largest absolute Gasteiger partial charge is 0.435 e. The van der Waals surface area contributed by atoms with Crippen LogP contribution >= 0.6 is 0 Å². The van der Waals surface area contributed by atoms with E-state index in [-0.39, 0.29) is 11.4 Å². The fourth-order valence-corrected chi connectivity index (χ4v) is 1.47. The molecule has 0 saturated carbocycles. The van der Waals surface area contributed by atoms with Gasteiger partial charge in [0, 0.05) is 0 Å². The van der Waals surface area contributed by atoms with Crippen molar-refractivity contribution in [1.82, 2.24) is 0 Å². The van der Waals surface area contributed by atoms with Crippen molar-refractivity contribution in [3.8, 4) is 0 Å². The van der Waals surface area contributed by atoms with E-state index in [0.29, 0.717) is 6.42 Å². The Hall–Kier alpha value is -1.57. The van der Waals surface area contributed by atoms with E-state index in [1.807, 2.05) is 19.1 Å². The van der Waals surface area contributed by atoms with Gasteiger partial charge in [-0.25, -0.2) is 0 Å². The molecule has 2 heteroatoms. The summed E-state index contributed by atoms with van der Waals surface area (Å²) in [6.07, 6.45) is 3.42. The van der Waals surface area contributed by atoms with Gasteiger partial charge in [0.1, 0.15) is 0 Å². The number of allylic oxidation sites excluding steroid dienone is 1. The first-order chi connectivity index (χ1) is 7.93. The Balaban J connectivity index is 2.66. The molecule has 92 valence electrons. The highest BCUT2D eigenvalue weighted by molar-refractivity contribution is 5.73. The van der Waals surface area contributed by atoms with Crippen LogP contribution in [-0.2, 0) is 21.4 Å². The Kier molecular flexibility index (Phi) is 4.50. The fourth-order valence-electron chi connectivity index (χ4n) is 1.47. The van der Waals surface area contributed by atoms with Crippen molar-refractivity contribution in [1.29, 1.82) is 0 Å². The fraction of sp³-hybridized carbons (Fsp3) is 0.400. The first-order valence-electron chi connectivity index (χ1n) is 5.83. The van der Waals surface area contributed by atoms with Gasteiger partial charge in [0.25, 0.3) is 0 Å². The van der Waals surface area contributed by atoms with Crippen LogP contribution in [-0.4, -0.2) is 5.97 Å². The molecule has 0 atom stereocenters. The summed E-state index contributed by atoms with van der Waals surface area (Å²) in [5.41, 5.74) is 2.39. The third-order valence-electron chi connectivity index (χ3n) is 2.50. The van der Waals surface area contributed by atoms with E-state index in [9.17, 15) is 4.79 Å². The molecule has 2 nitrogen and oxygen atoms in total. The van der Waals surface area contributed by atoms with Gasteiger partial charge in [0.05, 0.1) is 12.7 Å². The Morgan fingerprint density at radius 3 is 2.29 bits per heavy atom. The van der Waals surface area contributed by atoms with Gasteiger partial charge in [-0.15, -0.1) is 0 Å². The summed E-state index contributed by atoms with van der Waals surface area (Å²) in [4.78, 5) is 11.4. The molecule has 0 saturated heterocycles. The van der Waals surface area contributed by atoms with Crippen LogP contribution < -0.4 is 0 Å². The Morgan fingerprint density at radius 1 is 1.24 bits per heavy atom. The second kappa shape index (κ2) is 5.67. The van der Waals surface area contributed by atoms with Crippen molar-refractivity contribution >= 4 is 5.97 Å².